The Hall–Kier alpha value is -1.32. The van der Waals surface area contributed by atoms with Gasteiger partial charge in [-0.3, -0.25) is 0 Å². The van der Waals surface area contributed by atoms with Gasteiger partial charge in [0.1, 0.15) is 5.82 Å². The molecule has 2 rings (SSSR count). The smallest absolute Gasteiger partial charge is 0.123 e. The first kappa shape index (κ1) is 13.1. The number of halogens is 1. The first-order valence-corrected chi connectivity index (χ1v) is 6.72. The van der Waals surface area contributed by atoms with Crippen LogP contribution in [0.4, 0.5) is 4.39 Å². The fraction of sp³-hybridized carbons (Fsp3) is 0.200. The van der Waals surface area contributed by atoms with Gasteiger partial charge in [0.2, 0.25) is 0 Å². The SMILES string of the molecule is CNC(C)c1ccccc1Sc1ccc(F)cc1. The van der Waals surface area contributed by atoms with E-state index in [4.69, 9.17) is 0 Å². The highest BCUT2D eigenvalue weighted by atomic mass is 32.2. The predicted octanol–water partition coefficient (Wildman–Crippen LogP) is 4.26. The molecule has 0 bridgehead atoms. The molecular formula is C15H16FNS. The van der Waals surface area contributed by atoms with E-state index in [1.54, 1.807) is 23.9 Å². The largest absolute Gasteiger partial charge is 0.313 e. The summed E-state index contributed by atoms with van der Waals surface area (Å²) in [6.07, 6.45) is 0. The maximum absolute atomic E-state index is 12.9. The topological polar surface area (TPSA) is 12.0 Å². The van der Waals surface area contributed by atoms with E-state index in [9.17, 15) is 4.39 Å². The van der Waals surface area contributed by atoms with Crippen molar-refractivity contribution in [3.8, 4) is 0 Å². The van der Waals surface area contributed by atoms with Crippen molar-refractivity contribution in [2.45, 2.75) is 22.8 Å². The van der Waals surface area contributed by atoms with E-state index in [1.165, 1.54) is 22.6 Å². The molecule has 0 aliphatic carbocycles. The molecule has 0 fully saturated rings. The lowest BCUT2D eigenvalue weighted by molar-refractivity contribution is 0.626. The van der Waals surface area contributed by atoms with Crippen molar-refractivity contribution in [2.24, 2.45) is 0 Å². The standard InChI is InChI=1S/C15H16FNS/c1-11(17-2)14-5-3-4-6-15(14)18-13-9-7-12(16)8-10-13/h3-11,17H,1-2H3. The zero-order valence-electron chi connectivity index (χ0n) is 10.5. The molecule has 0 amide bonds. The molecular weight excluding hydrogens is 245 g/mol. The molecule has 0 aliphatic rings. The Morgan fingerprint density at radius 2 is 1.72 bits per heavy atom. The van der Waals surface area contributed by atoms with Crippen LogP contribution in [0.1, 0.15) is 18.5 Å². The van der Waals surface area contributed by atoms with E-state index in [-0.39, 0.29) is 5.82 Å². The lowest BCUT2D eigenvalue weighted by Crippen LogP contribution is -2.12. The van der Waals surface area contributed by atoms with Crippen molar-refractivity contribution in [1.82, 2.24) is 5.32 Å². The Balaban J connectivity index is 2.26. The van der Waals surface area contributed by atoms with Crippen LogP contribution < -0.4 is 5.32 Å². The summed E-state index contributed by atoms with van der Waals surface area (Å²) in [5.74, 6) is -0.198. The van der Waals surface area contributed by atoms with E-state index in [0.717, 1.165) is 4.90 Å². The second-order valence-electron chi connectivity index (χ2n) is 4.10. The van der Waals surface area contributed by atoms with Crippen molar-refractivity contribution in [3.63, 3.8) is 0 Å². The fourth-order valence-corrected chi connectivity index (χ4v) is 2.75. The summed E-state index contributed by atoms with van der Waals surface area (Å²) in [5.41, 5.74) is 1.26. The van der Waals surface area contributed by atoms with Crippen LogP contribution in [0.15, 0.2) is 58.3 Å². The Morgan fingerprint density at radius 3 is 2.39 bits per heavy atom. The van der Waals surface area contributed by atoms with Gasteiger partial charge >= 0.3 is 0 Å². The van der Waals surface area contributed by atoms with Gasteiger partial charge in [0, 0.05) is 15.8 Å². The zero-order chi connectivity index (χ0) is 13.0. The molecule has 0 aliphatic heterocycles. The van der Waals surface area contributed by atoms with Crippen LogP contribution in [0.25, 0.3) is 0 Å². The van der Waals surface area contributed by atoms with Gasteiger partial charge in [-0.15, -0.1) is 0 Å². The van der Waals surface area contributed by atoms with Gasteiger partial charge in [0.25, 0.3) is 0 Å². The molecule has 1 unspecified atom stereocenters. The van der Waals surface area contributed by atoms with Crippen LogP contribution in [0.2, 0.25) is 0 Å². The third-order valence-corrected chi connectivity index (χ3v) is 3.96. The molecule has 3 heteroatoms. The number of hydrogen-bond donors (Lipinski definition) is 1. The van der Waals surface area contributed by atoms with Crippen LogP contribution in [0.5, 0.6) is 0 Å². The Kier molecular flexibility index (Phi) is 4.39. The van der Waals surface area contributed by atoms with Crippen molar-refractivity contribution in [1.29, 1.82) is 0 Å². The van der Waals surface area contributed by atoms with E-state index in [1.807, 2.05) is 19.2 Å². The van der Waals surface area contributed by atoms with Gasteiger partial charge in [-0.1, -0.05) is 30.0 Å². The molecule has 0 radical (unpaired) electrons. The van der Waals surface area contributed by atoms with E-state index in [0.29, 0.717) is 6.04 Å². The molecule has 1 nitrogen and oxygen atoms in total. The normalized spacial score (nSPS) is 12.4. The van der Waals surface area contributed by atoms with Gasteiger partial charge in [0.15, 0.2) is 0 Å². The molecule has 2 aromatic carbocycles. The molecule has 0 saturated heterocycles. The molecule has 94 valence electrons. The van der Waals surface area contributed by atoms with Crippen LogP contribution in [-0.4, -0.2) is 7.05 Å². The molecule has 1 N–H and O–H groups in total. The third-order valence-electron chi connectivity index (χ3n) is 2.86. The average molecular weight is 261 g/mol. The second kappa shape index (κ2) is 6.03. The van der Waals surface area contributed by atoms with Crippen molar-refractivity contribution in [3.05, 3.63) is 59.9 Å². The van der Waals surface area contributed by atoms with Crippen LogP contribution in [-0.2, 0) is 0 Å². The van der Waals surface area contributed by atoms with E-state index in [2.05, 4.69) is 24.4 Å². The highest BCUT2D eigenvalue weighted by Gasteiger charge is 2.09. The lowest BCUT2D eigenvalue weighted by Gasteiger charge is -2.15. The summed E-state index contributed by atoms with van der Waals surface area (Å²) in [5, 5.41) is 3.24. The number of benzene rings is 2. The Labute approximate surface area is 111 Å². The highest BCUT2D eigenvalue weighted by Crippen LogP contribution is 2.33. The van der Waals surface area contributed by atoms with E-state index < -0.39 is 0 Å². The molecule has 18 heavy (non-hydrogen) atoms. The first-order chi connectivity index (χ1) is 8.70. The summed E-state index contributed by atoms with van der Waals surface area (Å²) >= 11 is 1.66. The molecule has 0 saturated carbocycles. The molecule has 0 spiro atoms. The summed E-state index contributed by atoms with van der Waals surface area (Å²) in [4.78, 5) is 2.25. The van der Waals surface area contributed by atoms with Crippen molar-refractivity contribution in [2.75, 3.05) is 7.05 Å². The first-order valence-electron chi connectivity index (χ1n) is 5.90. The van der Waals surface area contributed by atoms with Crippen molar-refractivity contribution >= 4 is 11.8 Å². The summed E-state index contributed by atoms with van der Waals surface area (Å²) in [6, 6.07) is 15.2. The van der Waals surface area contributed by atoms with Gasteiger partial charge in [-0.2, -0.15) is 0 Å². The van der Waals surface area contributed by atoms with Crippen LogP contribution in [0, 0.1) is 5.82 Å². The summed E-state index contributed by atoms with van der Waals surface area (Å²) in [6.45, 7) is 2.13. The van der Waals surface area contributed by atoms with Gasteiger partial charge in [-0.05, 0) is 49.9 Å². The number of hydrogen-bond acceptors (Lipinski definition) is 2. The van der Waals surface area contributed by atoms with E-state index >= 15 is 0 Å². The minimum atomic E-state index is -0.198. The Morgan fingerprint density at radius 1 is 1.06 bits per heavy atom. The minimum absolute atomic E-state index is 0.198. The summed E-state index contributed by atoms with van der Waals surface area (Å²) < 4.78 is 12.9. The predicted molar refractivity (Wildman–Crippen MR) is 74.4 cm³/mol. The fourth-order valence-electron chi connectivity index (χ4n) is 1.72. The average Bonchev–Trinajstić information content (AvgIpc) is 2.41. The molecule has 1 atom stereocenters. The third kappa shape index (κ3) is 3.12. The van der Waals surface area contributed by atoms with Gasteiger partial charge in [-0.25, -0.2) is 4.39 Å². The zero-order valence-corrected chi connectivity index (χ0v) is 11.3. The maximum Gasteiger partial charge on any atom is 0.123 e. The van der Waals surface area contributed by atoms with Crippen LogP contribution in [0.3, 0.4) is 0 Å². The van der Waals surface area contributed by atoms with Gasteiger partial charge < -0.3 is 5.32 Å². The quantitative estimate of drug-likeness (QED) is 0.882. The Bertz CT molecular complexity index is 510. The molecule has 0 aromatic heterocycles. The lowest BCUT2D eigenvalue weighted by atomic mass is 10.1. The van der Waals surface area contributed by atoms with Gasteiger partial charge in [0.05, 0.1) is 0 Å². The maximum atomic E-state index is 12.9. The molecule has 2 aromatic rings. The number of nitrogens with one attached hydrogen (secondary N) is 1. The minimum Gasteiger partial charge on any atom is -0.313 e. The van der Waals surface area contributed by atoms with Crippen LogP contribution >= 0.6 is 11.8 Å². The molecule has 0 heterocycles. The van der Waals surface area contributed by atoms with Crippen molar-refractivity contribution < 1.29 is 4.39 Å². The highest BCUT2D eigenvalue weighted by molar-refractivity contribution is 7.99. The second-order valence-corrected chi connectivity index (χ2v) is 5.22. The monoisotopic (exact) mass is 261 g/mol. The number of rotatable bonds is 4. The summed E-state index contributed by atoms with van der Waals surface area (Å²) in [7, 11) is 1.95.